The van der Waals surface area contributed by atoms with Crippen molar-refractivity contribution in [2.45, 2.75) is 94.5 Å². The third-order valence-corrected chi connectivity index (χ3v) is 11.4. The predicted octanol–water partition coefficient (Wildman–Crippen LogP) is 4.84. The van der Waals surface area contributed by atoms with Gasteiger partial charge in [0.2, 0.25) is 17.7 Å². The maximum absolute atomic E-state index is 14.3. The van der Waals surface area contributed by atoms with Crippen molar-refractivity contribution in [3.8, 4) is 6.07 Å². The lowest BCUT2D eigenvalue weighted by atomic mass is 9.89. The predicted molar refractivity (Wildman–Crippen MR) is 212 cm³/mol. The van der Waals surface area contributed by atoms with Crippen molar-refractivity contribution in [3.05, 3.63) is 47.8 Å². The Labute approximate surface area is 353 Å². The lowest BCUT2D eigenvalue weighted by Crippen LogP contribution is -2.60. The smallest absolute Gasteiger partial charge is 0.377 e. The molecule has 0 bridgehead atoms. The van der Waals surface area contributed by atoms with Crippen molar-refractivity contribution >= 4 is 70.4 Å². The monoisotopic (exact) mass is 887 g/mol. The van der Waals surface area contributed by atoms with Gasteiger partial charge in [0, 0.05) is 50.0 Å². The molecule has 1 saturated carbocycles. The van der Waals surface area contributed by atoms with Gasteiger partial charge in [-0.1, -0.05) is 6.07 Å². The van der Waals surface area contributed by atoms with Gasteiger partial charge < -0.3 is 20.3 Å². The van der Waals surface area contributed by atoms with Gasteiger partial charge in [-0.2, -0.15) is 31.6 Å². The van der Waals surface area contributed by atoms with E-state index in [0.29, 0.717) is 49.5 Å². The van der Waals surface area contributed by atoms with Gasteiger partial charge in [0.25, 0.3) is 5.91 Å². The zero-order valence-corrected chi connectivity index (χ0v) is 34.2. The highest BCUT2D eigenvalue weighted by Gasteiger charge is 2.53. The van der Waals surface area contributed by atoms with Crippen molar-refractivity contribution in [2.24, 2.45) is 0 Å². The third kappa shape index (κ3) is 10.5. The number of piperidine rings is 1. The molecule has 2 unspecified atom stereocenters. The van der Waals surface area contributed by atoms with E-state index in [-0.39, 0.29) is 80.5 Å². The van der Waals surface area contributed by atoms with Crippen LogP contribution in [-0.2, 0) is 30.1 Å². The summed E-state index contributed by atoms with van der Waals surface area (Å²) in [6.07, 6.45) is -6.05. The molecule has 4 heterocycles. The van der Waals surface area contributed by atoms with Crippen LogP contribution in [0.4, 0.5) is 43.4 Å². The second kappa shape index (κ2) is 18.6. The minimum absolute atomic E-state index is 0. The van der Waals surface area contributed by atoms with Gasteiger partial charge in [0.05, 0.1) is 36.7 Å². The number of nitrogens with zero attached hydrogens (tertiary/aromatic N) is 6. The number of nitrogens with one attached hydrogen (secondary N) is 3. The summed E-state index contributed by atoms with van der Waals surface area (Å²) in [6.45, 7) is 3.06. The number of piperazine rings is 1. The van der Waals surface area contributed by atoms with Crippen molar-refractivity contribution in [1.29, 1.82) is 5.26 Å². The molecule has 2 atom stereocenters. The van der Waals surface area contributed by atoms with Gasteiger partial charge in [0.1, 0.15) is 23.7 Å². The number of rotatable bonds is 11. The molecule has 4 aliphatic rings. The number of pyridine rings is 1. The number of amides is 4. The molecule has 3 aliphatic heterocycles. The van der Waals surface area contributed by atoms with Gasteiger partial charge in [0.15, 0.2) is 10.8 Å². The fourth-order valence-electron chi connectivity index (χ4n) is 8.03. The number of nitriles is 1. The summed E-state index contributed by atoms with van der Waals surface area (Å²) in [6, 6.07) is 5.74. The summed E-state index contributed by atoms with van der Waals surface area (Å²) in [5.74, 6) is -2.00. The molecule has 3 N–H and O–H groups in total. The SMILES string of the molecule is CC1(C)C(=O)N(c2cnc(C#N)c(C(F)(F)F)c2)C(=S)N1C1CCC(OCCN2CCN(CC(=O)Nc3cccc(NC4CCC(=O)NC4=O)c3)C(C(F)(F)F)C2)CC1.Cl. The number of alkyl halides is 6. The van der Waals surface area contributed by atoms with Gasteiger partial charge in [-0.25, -0.2) is 4.98 Å². The van der Waals surface area contributed by atoms with Crippen LogP contribution in [0.25, 0.3) is 0 Å². The van der Waals surface area contributed by atoms with Crippen LogP contribution >= 0.6 is 24.6 Å². The standard InChI is InChI=1S/C38H43F6N9O5S.ClH/c1-36(2)34(57)52(25-17-27(37(39,40)41)29(18-45)46-19-25)35(59)53(36)24-6-8-26(9-7-24)58-15-14-50-12-13-51(30(20-50)38(42,43)44)21-32(55)48-23-5-3-4-22(16-23)47-28-10-11-31(54)49-33(28)56;/h3-5,16-17,19,24,26,28,30,47H,6-15,20-21H2,1-2H3,(H,48,55)(H,49,54,56);1H. The number of hydrogen-bond donors (Lipinski definition) is 3. The van der Waals surface area contributed by atoms with Crippen molar-refractivity contribution < 1.29 is 50.3 Å². The van der Waals surface area contributed by atoms with Crippen LogP contribution in [0.2, 0.25) is 0 Å². The highest BCUT2D eigenvalue weighted by molar-refractivity contribution is 7.80. The van der Waals surface area contributed by atoms with Gasteiger partial charge in [-0.05, 0) is 82.4 Å². The lowest BCUT2D eigenvalue weighted by molar-refractivity contribution is -0.197. The Morgan fingerprint density at radius 1 is 1.05 bits per heavy atom. The quantitative estimate of drug-likeness (QED) is 0.160. The van der Waals surface area contributed by atoms with E-state index >= 15 is 0 Å². The van der Waals surface area contributed by atoms with Gasteiger partial charge in [-0.15, -0.1) is 12.4 Å². The first-order chi connectivity index (χ1) is 27.8. The van der Waals surface area contributed by atoms with E-state index in [1.54, 1.807) is 47.9 Å². The fraction of sp³-hybridized carbons (Fsp3) is 0.553. The average Bonchev–Trinajstić information content (AvgIpc) is 3.34. The van der Waals surface area contributed by atoms with Crippen LogP contribution in [0.15, 0.2) is 36.5 Å². The van der Waals surface area contributed by atoms with Gasteiger partial charge in [-0.3, -0.25) is 39.2 Å². The number of ether oxygens (including phenoxy) is 1. The molecule has 1 aliphatic carbocycles. The number of anilines is 3. The molecule has 2 aromatic rings. The lowest BCUT2D eigenvalue weighted by Gasteiger charge is -2.42. The normalized spacial score (nSPS) is 24.1. The minimum Gasteiger partial charge on any atom is -0.377 e. The summed E-state index contributed by atoms with van der Waals surface area (Å²) >= 11 is 5.65. The second-order valence-corrected chi connectivity index (χ2v) is 15.8. The highest BCUT2D eigenvalue weighted by atomic mass is 35.5. The zero-order valence-electron chi connectivity index (χ0n) is 32.6. The fourth-order valence-corrected chi connectivity index (χ4v) is 8.60. The van der Waals surface area contributed by atoms with E-state index < -0.39 is 65.5 Å². The number of halogens is 7. The van der Waals surface area contributed by atoms with E-state index in [4.69, 9.17) is 22.2 Å². The molecule has 0 spiro atoms. The van der Waals surface area contributed by atoms with Crippen LogP contribution in [0.1, 0.15) is 63.6 Å². The van der Waals surface area contributed by atoms with E-state index in [1.807, 2.05) is 0 Å². The average molecular weight is 888 g/mol. The zero-order chi connectivity index (χ0) is 42.9. The number of hydrogen-bond acceptors (Lipinski definition) is 11. The summed E-state index contributed by atoms with van der Waals surface area (Å²) in [5.41, 5.74) is -2.67. The Morgan fingerprint density at radius 2 is 1.75 bits per heavy atom. The number of aromatic nitrogens is 1. The Balaban J connectivity index is 0.00000683. The molecule has 60 heavy (non-hydrogen) atoms. The second-order valence-electron chi connectivity index (χ2n) is 15.5. The maximum Gasteiger partial charge on any atom is 0.419 e. The molecule has 3 saturated heterocycles. The minimum atomic E-state index is -4.88. The Morgan fingerprint density at radius 3 is 2.40 bits per heavy atom. The number of imide groups is 1. The number of carbonyl (C=O) groups is 4. The Kier molecular flexibility index (Phi) is 14.4. The van der Waals surface area contributed by atoms with Crippen molar-refractivity contribution in [3.63, 3.8) is 0 Å². The topological polar surface area (TPSA) is 163 Å². The van der Waals surface area contributed by atoms with E-state index in [9.17, 15) is 45.5 Å². The number of thiocarbonyl (C=S) groups is 1. The molecule has 0 radical (unpaired) electrons. The molecule has 6 rings (SSSR count). The molecular weight excluding hydrogens is 844 g/mol. The first-order valence-corrected chi connectivity index (χ1v) is 19.5. The first-order valence-electron chi connectivity index (χ1n) is 19.1. The van der Waals surface area contributed by atoms with E-state index in [2.05, 4.69) is 20.9 Å². The van der Waals surface area contributed by atoms with E-state index in [1.165, 1.54) is 6.07 Å². The van der Waals surface area contributed by atoms with Crippen LogP contribution in [0.5, 0.6) is 0 Å². The maximum atomic E-state index is 14.3. The van der Waals surface area contributed by atoms with Crippen LogP contribution in [-0.4, -0.2) is 124 Å². The molecule has 22 heteroatoms. The molecule has 4 fully saturated rings. The van der Waals surface area contributed by atoms with Crippen molar-refractivity contribution in [1.82, 2.24) is 25.0 Å². The summed E-state index contributed by atoms with van der Waals surface area (Å²) < 4.78 is 90.0. The third-order valence-electron chi connectivity index (χ3n) is 11.1. The van der Waals surface area contributed by atoms with E-state index in [0.717, 1.165) is 16.0 Å². The van der Waals surface area contributed by atoms with Crippen molar-refractivity contribution in [2.75, 3.05) is 54.9 Å². The van der Waals surface area contributed by atoms with Gasteiger partial charge >= 0.3 is 12.4 Å². The molecule has 14 nitrogen and oxygen atoms in total. The molecule has 1 aromatic carbocycles. The largest absolute Gasteiger partial charge is 0.419 e. The molecular formula is C38H44ClF6N9O5S. The molecule has 4 amide bonds. The highest BCUT2D eigenvalue weighted by Crippen LogP contribution is 2.40. The Hall–Kier alpha value is -4.62. The molecule has 1 aromatic heterocycles. The summed E-state index contributed by atoms with van der Waals surface area (Å²) in [5, 5.41) is 17.0. The van der Waals surface area contributed by atoms with Crippen LogP contribution in [0, 0.1) is 11.3 Å². The first kappa shape index (κ1) is 46.4. The van der Waals surface area contributed by atoms with Crippen LogP contribution in [0.3, 0.4) is 0 Å². The molecule has 326 valence electrons. The summed E-state index contributed by atoms with van der Waals surface area (Å²) in [4.78, 5) is 59.2. The Bertz CT molecular complexity index is 2010. The summed E-state index contributed by atoms with van der Waals surface area (Å²) in [7, 11) is 0. The number of carbonyl (C=O) groups excluding carboxylic acids is 4. The number of benzene rings is 1. The van der Waals surface area contributed by atoms with Crippen LogP contribution < -0.4 is 20.9 Å².